The molecular formula is C22H21N5O2. The predicted octanol–water partition coefficient (Wildman–Crippen LogP) is 2.43. The van der Waals surface area contributed by atoms with Gasteiger partial charge in [-0.3, -0.25) is 14.3 Å². The molecule has 29 heavy (non-hydrogen) atoms. The number of aryl methyl sites for hydroxylation is 2. The molecule has 0 fully saturated rings. The molecular weight excluding hydrogens is 366 g/mol. The van der Waals surface area contributed by atoms with Gasteiger partial charge in [-0.25, -0.2) is 4.98 Å². The molecule has 0 aliphatic rings. The molecule has 2 aromatic carbocycles. The van der Waals surface area contributed by atoms with E-state index in [0.29, 0.717) is 11.9 Å². The molecule has 2 heterocycles. The number of fused-ring (bicyclic) bond motifs is 1. The number of carbonyl (C=O) groups is 1. The molecule has 1 amide bonds. The van der Waals surface area contributed by atoms with Gasteiger partial charge < -0.3 is 9.88 Å². The van der Waals surface area contributed by atoms with E-state index in [4.69, 9.17) is 0 Å². The van der Waals surface area contributed by atoms with Crippen molar-refractivity contribution in [1.29, 1.82) is 0 Å². The summed E-state index contributed by atoms with van der Waals surface area (Å²) in [6.45, 7) is 0.370. The van der Waals surface area contributed by atoms with E-state index in [0.717, 1.165) is 16.9 Å². The fourth-order valence-corrected chi connectivity index (χ4v) is 3.38. The van der Waals surface area contributed by atoms with Crippen molar-refractivity contribution in [3.63, 3.8) is 0 Å². The molecule has 4 rings (SSSR count). The van der Waals surface area contributed by atoms with Crippen LogP contribution in [0, 0.1) is 0 Å². The topological polar surface area (TPSA) is 81.8 Å². The average Bonchev–Trinajstić information content (AvgIpc) is 3.18. The van der Waals surface area contributed by atoms with Crippen molar-refractivity contribution in [3.8, 4) is 0 Å². The molecule has 0 radical (unpaired) electrons. The number of aromatic nitrogens is 4. The molecule has 2 aromatic heterocycles. The quantitative estimate of drug-likeness (QED) is 0.551. The lowest BCUT2D eigenvalue weighted by Crippen LogP contribution is -2.31. The third kappa shape index (κ3) is 3.94. The Labute approximate surface area is 167 Å². The van der Waals surface area contributed by atoms with Gasteiger partial charge in [0.1, 0.15) is 11.9 Å². The minimum atomic E-state index is -0.345. The molecule has 0 saturated heterocycles. The lowest BCUT2D eigenvalue weighted by atomic mass is 10.1. The van der Waals surface area contributed by atoms with Crippen LogP contribution in [0.4, 0.5) is 0 Å². The van der Waals surface area contributed by atoms with Crippen LogP contribution in [-0.4, -0.2) is 25.2 Å². The van der Waals surface area contributed by atoms with E-state index in [2.05, 4.69) is 15.4 Å². The van der Waals surface area contributed by atoms with Crippen LogP contribution >= 0.6 is 0 Å². The smallest absolute Gasteiger partial charge is 0.222 e. The average molecular weight is 387 g/mol. The van der Waals surface area contributed by atoms with Crippen LogP contribution in [0.15, 0.2) is 78.0 Å². The highest BCUT2D eigenvalue weighted by atomic mass is 16.1. The second-order valence-electron chi connectivity index (χ2n) is 6.81. The van der Waals surface area contributed by atoms with Gasteiger partial charge >= 0.3 is 0 Å². The fraction of sp³-hybridized carbons (Fsp3) is 0.182. The number of rotatable bonds is 6. The Balaban J connectivity index is 1.53. The maximum absolute atomic E-state index is 12.8. The van der Waals surface area contributed by atoms with Crippen molar-refractivity contribution in [1.82, 2.24) is 24.6 Å². The number of benzene rings is 2. The van der Waals surface area contributed by atoms with Crippen molar-refractivity contribution in [2.75, 3.05) is 0 Å². The zero-order chi connectivity index (χ0) is 20.2. The van der Waals surface area contributed by atoms with Gasteiger partial charge in [0.05, 0.1) is 18.3 Å². The number of para-hydroxylation sites is 1. The second-order valence-corrected chi connectivity index (χ2v) is 6.81. The Morgan fingerprint density at radius 2 is 1.86 bits per heavy atom. The standard InChI is InChI=1S/C22H21N5O2/c1-26-14-12-23-22(26)21(16-7-3-2-4-8-16)25-20(29)11-13-27-18-10-6-5-9-17(18)19(28)15-24-27/h2-10,12,14-15,21H,11,13H2,1H3,(H,25,29)/t21-/m0/s1. The first-order valence-electron chi connectivity index (χ1n) is 9.40. The van der Waals surface area contributed by atoms with Crippen LogP contribution in [0.25, 0.3) is 10.9 Å². The van der Waals surface area contributed by atoms with Crippen molar-refractivity contribution in [2.24, 2.45) is 7.05 Å². The molecule has 0 spiro atoms. The third-order valence-corrected chi connectivity index (χ3v) is 4.87. The van der Waals surface area contributed by atoms with E-state index in [1.165, 1.54) is 6.20 Å². The minimum absolute atomic E-state index is 0.119. The monoisotopic (exact) mass is 387 g/mol. The summed E-state index contributed by atoms with van der Waals surface area (Å²) in [5.41, 5.74) is 1.55. The first-order chi connectivity index (χ1) is 14.1. The third-order valence-electron chi connectivity index (χ3n) is 4.87. The summed E-state index contributed by atoms with van der Waals surface area (Å²) >= 11 is 0. The number of nitrogens with zero attached hydrogens (tertiary/aromatic N) is 4. The first-order valence-corrected chi connectivity index (χ1v) is 9.40. The molecule has 7 heteroatoms. The van der Waals surface area contributed by atoms with Crippen LogP contribution in [0.2, 0.25) is 0 Å². The summed E-state index contributed by atoms with van der Waals surface area (Å²) in [5, 5.41) is 7.86. The van der Waals surface area contributed by atoms with Gasteiger partial charge in [-0.1, -0.05) is 42.5 Å². The second kappa shape index (κ2) is 8.10. The number of imidazole rings is 1. The summed E-state index contributed by atoms with van der Waals surface area (Å²) in [6, 6.07) is 16.7. The molecule has 7 nitrogen and oxygen atoms in total. The normalized spacial score (nSPS) is 12.0. The maximum atomic E-state index is 12.8. The van der Waals surface area contributed by atoms with Gasteiger partial charge in [-0.15, -0.1) is 0 Å². The highest BCUT2D eigenvalue weighted by molar-refractivity contribution is 5.79. The van der Waals surface area contributed by atoms with Crippen LogP contribution in [-0.2, 0) is 18.4 Å². The van der Waals surface area contributed by atoms with Crippen LogP contribution < -0.4 is 10.7 Å². The SMILES string of the molecule is Cn1ccnc1[C@@H](NC(=O)CCn1ncc(=O)c2ccccc21)c1ccccc1. The van der Waals surface area contributed by atoms with E-state index < -0.39 is 0 Å². The Morgan fingerprint density at radius 1 is 1.10 bits per heavy atom. The van der Waals surface area contributed by atoms with E-state index >= 15 is 0 Å². The maximum Gasteiger partial charge on any atom is 0.222 e. The first kappa shape index (κ1) is 18.6. The summed E-state index contributed by atoms with van der Waals surface area (Å²) in [6.07, 6.45) is 5.09. The van der Waals surface area contributed by atoms with E-state index in [-0.39, 0.29) is 23.8 Å². The number of carbonyl (C=O) groups excluding carboxylic acids is 1. The summed E-state index contributed by atoms with van der Waals surface area (Å²) < 4.78 is 3.59. The van der Waals surface area contributed by atoms with Gasteiger partial charge in [0, 0.05) is 31.2 Å². The molecule has 0 bridgehead atoms. The van der Waals surface area contributed by atoms with Gasteiger partial charge in [0.2, 0.25) is 11.3 Å². The van der Waals surface area contributed by atoms with E-state index in [9.17, 15) is 9.59 Å². The largest absolute Gasteiger partial charge is 0.342 e. The van der Waals surface area contributed by atoms with Crippen LogP contribution in [0.5, 0.6) is 0 Å². The summed E-state index contributed by atoms with van der Waals surface area (Å²) in [5.74, 6) is 0.642. The lowest BCUT2D eigenvalue weighted by Gasteiger charge is -2.19. The van der Waals surface area contributed by atoms with Gasteiger partial charge in [0.25, 0.3) is 0 Å². The molecule has 146 valence electrons. The van der Waals surface area contributed by atoms with Crippen LogP contribution in [0.3, 0.4) is 0 Å². The lowest BCUT2D eigenvalue weighted by molar-refractivity contribution is -0.121. The Bertz CT molecular complexity index is 1200. The number of nitrogens with one attached hydrogen (secondary N) is 1. The molecule has 0 aliphatic heterocycles. The van der Waals surface area contributed by atoms with E-state index in [1.54, 1.807) is 16.9 Å². The number of hydrogen-bond acceptors (Lipinski definition) is 4. The molecule has 0 saturated carbocycles. The predicted molar refractivity (Wildman–Crippen MR) is 110 cm³/mol. The van der Waals surface area contributed by atoms with Gasteiger partial charge in [-0.2, -0.15) is 5.10 Å². The molecule has 1 N–H and O–H groups in total. The molecule has 0 aliphatic carbocycles. The fourth-order valence-electron chi connectivity index (χ4n) is 3.38. The minimum Gasteiger partial charge on any atom is -0.342 e. The van der Waals surface area contributed by atoms with Gasteiger partial charge in [0.15, 0.2) is 0 Å². The Morgan fingerprint density at radius 3 is 2.62 bits per heavy atom. The summed E-state index contributed by atoms with van der Waals surface area (Å²) in [7, 11) is 1.90. The van der Waals surface area contributed by atoms with Gasteiger partial charge in [-0.05, 0) is 17.7 Å². The summed E-state index contributed by atoms with van der Waals surface area (Å²) in [4.78, 5) is 29.1. The Kier molecular flexibility index (Phi) is 5.20. The highest BCUT2D eigenvalue weighted by Crippen LogP contribution is 2.20. The molecule has 1 atom stereocenters. The van der Waals surface area contributed by atoms with Crippen molar-refractivity contribution >= 4 is 16.8 Å². The molecule has 4 aromatic rings. The van der Waals surface area contributed by atoms with Crippen molar-refractivity contribution in [3.05, 3.63) is 94.8 Å². The highest BCUT2D eigenvalue weighted by Gasteiger charge is 2.20. The van der Waals surface area contributed by atoms with Crippen LogP contribution in [0.1, 0.15) is 23.9 Å². The zero-order valence-electron chi connectivity index (χ0n) is 16.0. The zero-order valence-corrected chi connectivity index (χ0v) is 16.0. The Hall–Kier alpha value is -3.74. The number of hydrogen-bond donors (Lipinski definition) is 1. The van der Waals surface area contributed by atoms with E-state index in [1.807, 2.05) is 66.3 Å². The van der Waals surface area contributed by atoms with Crippen molar-refractivity contribution in [2.45, 2.75) is 19.0 Å². The number of amides is 1. The molecule has 0 unspecified atom stereocenters. The van der Waals surface area contributed by atoms with Crippen molar-refractivity contribution < 1.29 is 4.79 Å².